The summed E-state index contributed by atoms with van der Waals surface area (Å²) in [5.41, 5.74) is 5.04. The van der Waals surface area contributed by atoms with Crippen LogP contribution in [-0.4, -0.2) is 16.4 Å². The largest absolute Gasteiger partial charge is 0.501 e. The van der Waals surface area contributed by atoms with Gasteiger partial charge in [-0.15, -0.1) is 0 Å². The van der Waals surface area contributed by atoms with Crippen molar-refractivity contribution in [3.63, 3.8) is 0 Å². The first kappa shape index (κ1) is 10.2. The molecule has 1 aromatic heterocycles. The minimum atomic E-state index is 0.0130. The van der Waals surface area contributed by atoms with E-state index in [0.717, 1.165) is 25.0 Å². The number of ether oxygens (including phenoxy) is 1. The van der Waals surface area contributed by atoms with E-state index in [-0.39, 0.29) is 6.04 Å². The first-order valence-electron chi connectivity index (χ1n) is 5.06. The molecular formula is C10H16N4O. The fraction of sp³-hybridized carbons (Fsp3) is 0.500. The molecule has 0 saturated carbocycles. The third-order valence-corrected chi connectivity index (χ3v) is 2.56. The van der Waals surface area contributed by atoms with E-state index in [1.165, 1.54) is 5.57 Å². The van der Waals surface area contributed by atoms with Crippen molar-refractivity contribution >= 4 is 0 Å². The molecule has 0 aromatic carbocycles. The van der Waals surface area contributed by atoms with Crippen LogP contribution < -0.4 is 11.3 Å². The Hall–Kier alpha value is -1.33. The molecule has 1 unspecified atom stereocenters. The zero-order chi connectivity index (χ0) is 10.7. The molecule has 1 aromatic rings. The van der Waals surface area contributed by atoms with E-state index in [1.807, 2.05) is 19.4 Å². The minimum absolute atomic E-state index is 0.0130. The Bertz CT molecular complexity index is 358. The highest BCUT2D eigenvalue weighted by molar-refractivity contribution is 5.23. The number of hydrazine groups is 1. The minimum Gasteiger partial charge on any atom is -0.501 e. The number of aromatic nitrogens is 2. The number of hydrogen-bond donors (Lipinski definition) is 2. The molecule has 5 heteroatoms. The van der Waals surface area contributed by atoms with Crippen LogP contribution in [0.15, 0.2) is 24.2 Å². The Morgan fingerprint density at radius 3 is 3.07 bits per heavy atom. The van der Waals surface area contributed by atoms with Crippen molar-refractivity contribution in [2.24, 2.45) is 12.9 Å². The Morgan fingerprint density at radius 1 is 1.67 bits per heavy atom. The van der Waals surface area contributed by atoms with E-state index in [4.69, 9.17) is 10.6 Å². The van der Waals surface area contributed by atoms with Gasteiger partial charge in [0.25, 0.3) is 0 Å². The van der Waals surface area contributed by atoms with Crippen LogP contribution in [0.2, 0.25) is 0 Å². The topological polar surface area (TPSA) is 65.1 Å². The lowest BCUT2D eigenvalue weighted by atomic mass is 9.98. The lowest BCUT2D eigenvalue weighted by molar-refractivity contribution is 0.219. The van der Waals surface area contributed by atoms with Crippen molar-refractivity contribution < 1.29 is 4.74 Å². The van der Waals surface area contributed by atoms with Crippen molar-refractivity contribution in [1.29, 1.82) is 0 Å². The van der Waals surface area contributed by atoms with Gasteiger partial charge in [0.2, 0.25) is 0 Å². The van der Waals surface area contributed by atoms with Crippen molar-refractivity contribution in [1.82, 2.24) is 15.2 Å². The molecule has 1 aliphatic heterocycles. The summed E-state index contributed by atoms with van der Waals surface area (Å²) in [7, 11) is 1.89. The molecule has 1 aliphatic rings. The Balaban J connectivity index is 2.19. The smallest absolute Gasteiger partial charge is 0.0876 e. The first-order chi connectivity index (χ1) is 7.31. The van der Waals surface area contributed by atoms with Crippen molar-refractivity contribution in [2.45, 2.75) is 18.9 Å². The molecule has 0 saturated heterocycles. The van der Waals surface area contributed by atoms with Gasteiger partial charge in [-0.25, -0.2) is 5.43 Å². The zero-order valence-electron chi connectivity index (χ0n) is 8.81. The predicted molar refractivity (Wildman–Crippen MR) is 56.5 cm³/mol. The van der Waals surface area contributed by atoms with Crippen LogP contribution in [0.1, 0.15) is 24.4 Å². The fourth-order valence-corrected chi connectivity index (χ4v) is 1.80. The second-order valence-corrected chi connectivity index (χ2v) is 3.71. The van der Waals surface area contributed by atoms with Crippen molar-refractivity contribution in [2.75, 3.05) is 6.61 Å². The second-order valence-electron chi connectivity index (χ2n) is 3.71. The Kier molecular flexibility index (Phi) is 3.03. The van der Waals surface area contributed by atoms with Gasteiger partial charge in [-0.1, -0.05) is 0 Å². The van der Waals surface area contributed by atoms with E-state index >= 15 is 0 Å². The highest BCUT2D eigenvalue weighted by Crippen LogP contribution is 2.26. The molecule has 5 nitrogen and oxygen atoms in total. The molecule has 0 amide bonds. The SMILES string of the molecule is Cn1cc(C(NN)C2=COCCC2)cn1. The highest BCUT2D eigenvalue weighted by Gasteiger charge is 2.18. The summed E-state index contributed by atoms with van der Waals surface area (Å²) >= 11 is 0. The molecule has 0 spiro atoms. The van der Waals surface area contributed by atoms with Gasteiger partial charge in [-0.2, -0.15) is 5.10 Å². The lowest BCUT2D eigenvalue weighted by Crippen LogP contribution is -2.30. The third-order valence-electron chi connectivity index (χ3n) is 2.56. The van der Waals surface area contributed by atoms with Crippen LogP contribution in [0, 0.1) is 0 Å². The average molecular weight is 208 g/mol. The molecule has 2 rings (SSSR count). The first-order valence-corrected chi connectivity index (χ1v) is 5.06. The molecule has 0 bridgehead atoms. The van der Waals surface area contributed by atoms with Crippen LogP contribution in [0.5, 0.6) is 0 Å². The molecule has 1 atom stereocenters. The summed E-state index contributed by atoms with van der Waals surface area (Å²) in [4.78, 5) is 0. The van der Waals surface area contributed by atoms with Crippen LogP contribution >= 0.6 is 0 Å². The van der Waals surface area contributed by atoms with E-state index in [2.05, 4.69) is 10.5 Å². The fourth-order valence-electron chi connectivity index (χ4n) is 1.80. The summed E-state index contributed by atoms with van der Waals surface area (Å²) in [6.07, 6.45) is 7.65. The van der Waals surface area contributed by atoms with Gasteiger partial charge in [0.1, 0.15) is 0 Å². The van der Waals surface area contributed by atoms with Gasteiger partial charge in [-0.3, -0.25) is 10.5 Å². The zero-order valence-corrected chi connectivity index (χ0v) is 8.81. The second kappa shape index (κ2) is 4.46. The van der Waals surface area contributed by atoms with Gasteiger partial charge in [0.05, 0.1) is 25.1 Å². The maximum Gasteiger partial charge on any atom is 0.0876 e. The van der Waals surface area contributed by atoms with Crippen molar-refractivity contribution in [3.8, 4) is 0 Å². The number of hydrogen-bond acceptors (Lipinski definition) is 4. The van der Waals surface area contributed by atoms with Gasteiger partial charge in [0.15, 0.2) is 0 Å². The van der Waals surface area contributed by atoms with E-state index in [0.29, 0.717) is 0 Å². The predicted octanol–water partition coefficient (Wildman–Crippen LogP) is 0.619. The van der Waals surface area contributed by atoms with E-state index in [1.54, 1.807) is 10.9 Å². The number of aryl methyl sites for hydroxylation is 1. The van der Waals surface area contributed by atoms with E-state index < -0.39 is 0 Å². The molecule has 2 heterocycles. The van der Waals surface area contributed by atoms with Gasteiger partial charge in [0, 0.05) is 18.8 Å². The summed E-state index contributed by atoms with van der Waals surface area (Å²) in [6, 6.07) is 0.0130. The Labute approximate surface area is 88.9 Å². The summed E-state index contributed by atoms with van der Waals surface area (Å²) in [5, 5.41) is 4.13. The van der Waals surface area contributed by atoms with E-state index in [9.17, 15) is 0 Å². The van der Waals surface area contributed by atoms with Gasteiger partial charge < -0.3 is 4.74 Å². The molecule has 0 radical (unpaired) electrons. The number of nitrogens with one attached hydrogen (secondary N) is 1. The number of rotatable bonds is 3. The summed E-state index contributed by atoms with van der Waals surface area (Å²) < 4.78 is 7.08. The van der Waals surface area contributed by atoms with Gasteiger partial charge in [-0.05, 0) is 18.4 Å². The molecular weight excluding hydrogens is 192 g/mol. The van der Waals surface area contributed by atoms with Crippen LogP contribution in [-0.2, 0) is 11.8 Å². The average Bonchev–Trinajstić information content (AvgIpc) is 2.68. The third kappa shape index (κ3) is 2.19. The summed E-state index contributed by atoms with van der Waals surface area (Å²) in [6.45, 7) is 0.799. The normalized spacial score (nSPS) is 18.1. The molecule has 82 valence electrons. The molecule has 3 N–H and O–H groups in total. The maximum absolute atomic E-state index is 5.56. The molecule has 0 aliphatic carbocycles. The van der Waals surface area contributed by atoms with Crippen LogP contribution in [0.4, 0.5) is 0 Å². The number of nitrogens with two attached hydrogens (primary N) is 1. The van der Waals surface area contributed by atoms with Crippen molar-refractivity contribution in [3.05, 3.63) is 29.8 Å². The molecule has 0 fully saturated rings. The maximum atomic E-state index is 5.56. The standard InChI is InChI=1S/C10H16N4O/c1-14-6-9(5-12-14)10(13-11)8-3-2-4-15-7-8/h5-7,10,13H,2-4,11H2,1H3. The quantitative estimate of drug-likeness (QED) is 0.564. The van der Waals surface area contributed by atoms with Crippen LogP contribution in [0.3, 0.4) is 0 Å². The molecule has 15 heavy (non-hydrogen) atoms. The number of nitrogens with zero attached hydrogens (tertiary/aromatic N) is 2. The Morgan fingerprint density at radius 2 is 2.53 bits per heavy atom. The highest BCUT2D eigenvalue weighted by atomic mass is 16.5. The van der Waals surface area contributed by atoms with Gasteiger partial charge >= 0.3 is 0 Å². The lowest BCUT2D eigenvalue weighted by Gasteiger charge is -2.21. The monoisotopic (exact) mass is 208 g/mol. The van der Waals surface area contributed by atoms with Crippen LogP contribution in [0.25, 0.3) is 0 Å². The summed E-state index contributed by atoms with van der Waals surface area (Å²) in [5.74, 6) is 5.56.